The van der Waals surface area contributed by atoms with E-state index in [-0.39, 0.29) is 0 Å². The zero-order chi connectivity index (χ0) is 14.4. The lowest BCUT2D eigenvalue weighted by Gasteiger charge is -2.21. The average molecular weight is 296 g/mol. The van der Waals surface area contributed by atoms with Crippen molar-refractivity contribution in [2.75, 3.05) is 12.3 Å². The third kappa shape index (κ3) is 4.22. The molecule has 0 spiro atoms. The van der Waals surface area contributed by atoms with Gasteiger partial charge in [0.1, 0.15) is 5.82 Å². The molecule has 20 heavy (non-hydrogen) atoms. The molecule has 2 heterocycles. The minimum Gasteiger partial charge on any atom is -0.313 e. The van der Waals surface area contributed by atoms with Crippen LogP contribution in [0.4, 0.5) is 0 Å². The molecule has 1 aliphatic rings. The molecule has 0 fully saturated rings. The molecule has 1 N–H and O–H groups in total. The van der Waals surface area contributed by atoms with Crippen LogP contribution in [0.3, 0.4) is 0 Å². The van der Waals surface area contributed by atoms with Crippen LogP contribution >= 0.6 is 11.8 Å². The van der Waals surface area contributed by atoms with Crippen molar-refractivity contribution in [3.05, 3.63) is 5.82 Å². The molecule has 1 atom stereocenters. The lowest BCUT2D eigenvalue weighted by molar-refractivity contribution is 0.433. The lowest BCUT2D eigenvalue weighted by atomic mass is 10.1. The summed E-state index contributed by atoms with van der Waals surface area (Å²) in [5, 5.41) is 13.5. The summed E-state index contributed by atoms with van der Waals surface area (Å²) in [5.41, 5.74) is 0. The Morgan fingerprint density at radius 1 is 1.25 bits per heavy atom. The van der Waals surface area contributed by atoms with E-state index in [2.05, 4.69) is 40.9 Å². The Balaban J connectivity index is 1.94. The maximum atomic E-state index is 4.40. The fraction of sp³-hybridized carbons (Fsp3) is 0.867. The largest absolute Gasteiger partial charge is 0.313 e. The van der Waals surface area contributed by atoms with Gasteiger partial charge in [-0.25, -0.2) is 0 Å². The van der Waals surface area contributed by atoms with Crippen molar-refractivity contribution in [1.82, 2.24) is 20.1 Å². The van der Waals surface area contributed by atoms with Crippen molar-refractivity contribution in [1.29, 1.82) is 0 Å². The first-order chi connectivity index (χ1) is 9.72. The number of nitrogens with zero attached hydrogens (tertiary/aromatic N) is 3. The van der Waals surface area contributed by atoms with Gasteiger partial charge in [-0.05, 0) is 31.7 Å². The lowest BCUT2D eigenvalue weighted by Crippen LogP contribution is -2.36. The second kappa shape index (κ2) is 8.03. The molecule has 0 saturated heterocycles. The topological polar surface area (TPSA) is 42.7 Å². The van der Waals surface area contributed by atoms with Gasteiger partial charge in [-0.2, -0.15) is 0 Å². The van der Waals surface area contributed by atoms with Crippen molar-refractivity contribution in [2.24, 2.45) is 5.92 Å². The monoisotopic (exact) mass is 296 g/mol. The van der Waals surface area contributed by atoms with Crippen LogP contribution in [0.25, 0.3) is 0 Å². The van der Waals surface area contributed by atoms with E-state index in [4.69, 9.17) is 0 Å². The second-order valence-electron chi connectivity index (χ2n) is 5.98. The van der Waals surface area contributed by atoms with E-state index in [1.54, 1.807) is 0 Å². The van der Waals surface area contributed by atoms with E-state index in [1.807, 2.05) is 11.8 Å². The average Bonchev–Trinajstić information content (AvgIpc) is 2.67. The first-order valence-electron chi connectivity index (χ1n) is 8.00. The highest BCUT2D eigenvalue weighted by atomic mass is 32.2. The van der Waals surface area contributed by atoms with Crippen molar-refractivity contribution in [2.45, 2.75) is 70.6 Å². The SMILES string of the molecule is CCCNC(CSc1nnc2n1CCCCC2)C(C)C. The molecule has 0 saturated carbocycles. The molecule has 5 heteroatoms. The summed E-state index contributed by atoms with van der Waals surface area (Å²) in [7, 11) is 0. The number of rotatable bonds is 7. The highest BCUT2D eigenvalue weighted by Gasteiger charge is 2.18. The van der Waals surface area contributed by atoms with E-state index >= 15 is 0 Å². The van der Waals surface area contributed by atoms with E-state index in [9.17, 15) is 0 Å². The third-order valence-electron chi connectivity index (χ3n) is 3.93. The van der Waals surface area contributed by atoms with Crippen LogP contribution < -0.4 is 5.32 Å². The van der Waals surface area contributed by atoms with Gasteiger partial charge in [-0.1, -0.05) is 39.0 Å². The van der Waals surface area contributed by atoms with Crippen LogP contribution in [-0.2, 0) is 13.0 Å². The Labute approximate surface area is 127 Å². The van der Waals surface area contributed by atoms with E-state index in [1.165, 1.54) is 31.5 Å². The summed E-state index contributed by atoms with van der Waals surface area (Å²) in [5.74, 6) is 2.92. The van der Waals surface area contributed by atoms with Crippen molar-refractivity contribution in [3.8, 4) is 0 Å². The third-order valence-corrected chi connectivity index (χ3v) is 5.01. The van der Waals surface area contributed by atoms with Gasteiger partial charge in [0, 0.05) is 24.8 Å². The minimum atomic E-state index is 0.554. The molecule has 1 unspecified atom stereocenters. The van der Waals surface area contributed by atoms with E-state index < -0.39 is 0 Å². The van der Waals surface area contributed by atoms with Crippen LogP contribution in [0.15, 0.2) is 5.16 Å². The van der Waals surface area contributed by atoms with Crippen molar-refractivity contribution >= 4 is 11.8 Å². The fourth-order valence-corrected chi connectivity index (χ4v) is 3.83. The molecule has 2 rings (SSSR count). The predicted molar refractivity (Wildman–Crippen MR) is 85.2 cm³/mol. The molecule has 0 aromatic carbocycles. The van der Waals surface area contributed by atoms with E-state index in [0.717, 1.165) is 30.4 Å². The molecular formula is C15H28N4S. The quantitative estimate of drug-likeness (QED) is 0.785. The molecular weight excluding hydrogens is 268 g/mol. The van der Waals surface area contributed by atoms with Crippen LogP contribution in [-0.4, -0.2) is 33.1 Å². The Morgan fingerprint density at radius 3 is 2.85 bits per heavy atom. The molecule has 4 nitrogen and oxygen atoms in total. The van der Waals surface area contributed by atoms with Crippen LogP contribution in [0.1, 0.15) is 52.3 Å². The number of hydrogen-bond donors (Lipinski definition) is 1. The van der Waals surface area contributed by atoms with Gasteiger partial charge < -0.3 is 9.88 Å². The van der Waals surface area contributed by atoms with Gasteiger partial charge >= 0.3 is 0 Å². The molecule has 114 valence electrons. The molecule has 0 radical (unpaired) electrons. The first-order valence-corrected chi connectivity index (χ1v) is 8.99. The smallest absolute Gasteiger partial charge is 0.191 e. The van der Waals surface area contributed by atoms with Gasteiger partial charge in [0.05, 0.1) is 0 Å². The van der Waals surface area contributed by atoms with Gasteiger partial charge in [0.25, 0.3) is 0 Å². The fourth-order valence-electron chi connectivity index (χ4n) is 2.55. The summed E-state index contributed by atoms with van der Waals surface area (Å²) in [6.07, 6.45) is 6.12. The van der Waals surface area contributed by atoms with Crippen LogP contribution in [0, 0.1) is 5.92 Å². The van der Waals surface area contributed by atoms with E-state index in [0.29, 0.717) is 12.0 Å². The molecule has 1 aromatic heterocycles. The summed E-state index contributed by atoms with van der Waals surface area (Å²) in [6.45, 7) is 8.99. The minimum absolute atomic E-state index is 0.554. The number of aryl methyl sites for hydroxylation is 1. The van der Waals surface area contributed by atoms with Gasteiger partial charge in [-0.15, -0.1) is 10.2 Å². The molecule has 1 aliphatic heterocycles. The molecule has 0 bridgehead atoms. The van der Waals surface area contributed by atoms with Crippen LogP contribution in [0.2, 0.25) is 0 Å². The molecule has 0 aliphatic carbocycles. The number of nitrogens with one attached hydrogen (secondary N) is 1. The molecule has 0 amide bonds. The Morgan fingerprint density at radius 2 is 2.10 bits per heavy atom. The maximum absolute atomic E-state index is 4.40. The molecule has 1 aromatic rings. The summed E-state index contributed by atoms with van der Waals surface area (Å²) < 4.78 is 2.34. The Kier molecular flexibility index (Phi) is 6.36. The Hall–Kier alpha value is -0.550. The number of hydrogen-bond acceptors (Lipinski definition) is 4. The predicted octanol–water partition coefficient (Wildman–Crippen LogP) is 3.12. The highest BCUT2D eigenvalue weighted by molar-refractivity contribution is 7.99. The van der Waals surface area contributed by atoms with Gasteiger partial charge in [0.15, 0.2) is 5.16 Å². The maximum Gasteiger partial charge on any atom is 0.191 e. The first kappa shape index (κ1) is 15.8. The van der Waals surface area contributed by atoms with Gasteiger partial charge in [-0.3, -0.25) is 0 Å². The summed E-state index contributed by atoms with van der Waals surface area (Å²) in [4.78, 5) is 0. The number of thioether (sulfide) groups is 1. The highest BCUT2D eigenvalue weighted by Crippen LogP contribution is 2.23. The Bertz CT molecular complexity index is 403. The zero-order valence-electron chi connectivity index (χ0n) is 13.1. The standard InChI is InChI=1S/C15H28N4S/c1-4-9-16-13(12(2)3)11-20-15-18-17-14-8-6-5-7-10-19(14)15/h12-13,16H,4-11H2,1-3H3. The van der Waals surface area contributed by atoms with Crippen molar-refractivity contribution in [3.63, 3.8) is 0 Å². The zero-order valence-corrected chi connectivity index (χ0v) is 13.9. The summed E-state index contributed by atoms with van der Waals surface area (Å²) in [6, 6.07) is 0.554. The number of fused-ring (bicyclic) bond motifs is 1. The van der Waals surface area contributed by atoms with Crippen molar-refractivity contribution < 1.29 is 0 Å². The van der Waals surface area contributed by atoms with Gasteiger partial charge in [0.2, 0.25) is 0 Å². The van der Waals surface area contributed by atoms with Crippen LogP contribution in [0.5, 0.6) is 0 Å². The normalized spacial score (nSPS) is 17.0. The second-order valence-corrected chi connectivity index (χ2v) is 6.96. The number of aromatic nitrogens is 3. The summed E-state index contributed by atoms with van der Waals surface area (Å²) >= 11 is 1.86.